The van der Waals surface area contributed by atoms with Gasteiger partial charge in [0, 0.05) is 18.3 Å². The fraction of sp³-hybridized carbons (Fsp3) is 0.188. The highest BCUT2D eigenvalue weighted by Crippen LogP contribution is 2.33. The summed E-state index contributed by atoms with van der Waals surface area (Å²) < 4.78 is 16.3. The van der Waals surface area contributed by atoms with Gasteiger partial charge >= 0.3 is 0 Å². The third kappa shape index (κ3) is 2.38. The molecule has 0 aliphatic carbocycles. The molecule has 3 rings (SSSR count). The molecule has 1 aromatic heterocycles. The van der Waals surface area contributed by atoms with Gasteiger partial charge in [0.25, 0.3) is 0 Å². The maximum Gasteiger partial charge on any atom is 0.227 e. The Morgan fingerprint density at radius 1 is 1.00 bits per heavy atom. The van der Waals surface area contributed by atoms with Crippen molar-refractivity contribution in [1.82, 2.24) is 4.98 Å². The predicted molar refractivity (Wildman–Crippen MR) is 82.1 cm³/mol. The van der Waals surface area contributed by atoms with E-state index in [1.165, 1.54) is 0 Å². The lowest BCUT2D eigenvalue weighted by Crippen LogP contribution is -1.90. The molecule has 3 aromatic rings. The molecule has 0 fully saturated rings. The van der Waals surface area contributed by atoms with Gasteiger partial charge in [-0.05, 0) is 36.4 Å². The molecule has 5 heteroatoms. The lowest BCUT2D eigenvalue weighted by atomic mass is 10.2. The summed E-state index contributed by atoms with van der Waals surface area (Å²) in [4.78, 5) is 4.52. The quantitative estimate of drug-likeness (QED) is 0.794. The summed E-state index contributed by atoms with van der Waals surface area (Å²) in [5, 5.41) is 3.08. The summed E-state index contributed by atoms with van der Waals surface area (Å²) in [6, 6.07) is 11.4. The van der Waals surface area contributed by atoms with Crippen molar-refractivity contribution in [2.24, 2.45) is 0 Å². The van der Waals surface area contributed by atoms with Gasteiger partial charge in [0.1, 0.15) is 5.52 Å². The zero-order valence-corrected chi connectivity index (χ0v) is 12.1. The van der Waals surface area contributed by atoms with Crippen LogP contribution in [0.1, 0.15) is 0 Å². The second-order valence-corrected chi connectivity index (χ2v) is 4.52. The van der Waals surface area contributed by atoms with Crippen LogP contribution in [-0.2, 0) is 0 Å². The maximum absolute atomic E-state index is 5.79. The highest BCUT2D eigenvalue weighted by Gasteiger charge is 2.12. The highest BCUT2D eigenvalue weighted by atomic mass is 16.5. The van der Waals surface area contributed by atoms with Crippen molar-refractivity contribution in [3.63, 3.8) is 0 Å². The van der Waals surface area contributed by atoms with Crippen LogP contribution >= 0.6 is 0 Å². The number of ether oxygens (including phenoxy) is 2. The van der Waals surface area contributed by atoms with Crippen molar-refractivity contribution < 1.29 is 13.9 Å². The normalized spacial score (nSPS) is 10.6. The van der Waals surface area contributed by atoms with E-state index in [1.807, 2.05) is 43.4 Å². The number of hydrogen-bond acceptors (Lipinski definition) is 5. The van der Waals surface area contributed by atoms with E-state index in [0.29, 0.717) is 17.4 Å². The number of hydrogen-bond donors (Lipinski definition) is 1. The first-order valence-electron chi connectivity index (χ1n) is 6.56. The number of rotatable bonds is 4. The molecule has 1 heterocycles. The van der Waals surface area contributed by atoms with E-state index in [-0.39, 0.29) is 0 Å². The lowest BCUT2D eigenvalue weighted by Gasteiger charge is -2.07. The fourth-order valence-corrected chi connectivity index (χ4v) is 2.18. The van der Waals surface area contributed by atoms with Crippen molar-refractivity contribution in [2.45, 2.75) is 0 Å². The Morgan fingerprint density at radius 2 is 1.81 bits per heavy atom. The molecule has 0 radical (unpaired) electrons. The van der Waals surface area contributed by atoms with Gasteiger partial charge in [-0.1, -0.05) is 0 Å². The standard InChI is InChI=1S/C16H16N2O3/c1-17-11-5-7-13-12(9-11)18-16(21-13)10-4-6-14(19-2)15(8-10)20-3/h4-9,17H,1-3H3. The van der Waals surface area contributed by atoms with Crippen molar-refractivity contribution in [3.05, 3.63) is 36.4 Å². The van der Waals surface area contributed by atoms with Crippen LogP contribution in [0.15, 0.2) is 40.8 Å². The van der Waals surface area contributed by atoms with E-state index in [2.05, 4.69) is 10.3 Å². The largest absolute Gasteiger partial charge is 0.493 e. The van der Waals surface area contributed by atoms with Crippen LogP contribution in [0, 0.1) is 0 Å². The molecule has 108 valence electrons. The first kappa shape index (κ1) is 13.3. The average molecular weight is 284 g/mol. The Bertz CT molecular complexity index is 780. The Balaban J connectivity index is 2.07. The second kappa shape index (κ2) is 5.36. The average Bonchev–Trinajstić information content (AvgIpc) is 2.96. The summed E-state index contributed by atoms with van der Waals surface area (Å²) in [6.45, 7) is 0. The van der Waals surface area contributed by atoms with Crippen LogP contribution in [0.25, 0.3) is 22.6 Å². The summed E-state index contributed by atoms with van der Waals surface area (Å²) in [6.07, 6.45) is 0. The zero-order valence-electron chi connectivity index (χ0n) is 12.1. The van der Waals surface area contributed by atoms with Crippen LogP contribution in [0.2, 0.25) is 0 Å². The first-order valence-corrected chi connectivity index (χ1v) is 6.56. The molecule has 21 heavy (non-hydrogen) atoms. The van der Waals surface area contributed by atoms with Gasteiger partial charge in [0.2, 0.25) is 5.89 Å². The lowest BCUT2D eigenvalue weighted by molar-refractivity contribution is 0.355. The smallest absolute Gasteiger partial charge is 0.227 e. The van der Waals surface area contributed by atoms with Gasteiger partial charge in [0.15, 0.2) is 17.1 Å². The van der Waals surface area contributed by atoms with Crippen LogP contribution < -0.4 is 14.8 Å². The minimum absolute atomic E-state index is 0.555. The highest BCUT2D eigenvalue weighted by molar-refractivity contribution is 5.80. The van der Waals surface area contributed by atoms with Crippen LogP contribution in [0.3, 0.4) is 0 Å². The van der Waals surface area contributed by atoms with E-state index in [1.54, 1.807) is 14.2 Å². The van der Waals surface area contributed by atoms with E-state index < -0.39 is 0 Å². The molecule has 0 amide bonds. The third-order valence-corrected chi connectivity index (χ3v) is 3.31. The Morgan fingerprint density at radius 3 is 2.52 bits per heavy atom. The molecular formula is C16H16N2O3. The topological polar surface area (TPSA) is 56.5 Å². The number of nitrogens with one attached hydrogen (secondary N) is 1. The molecule has 0 unspecified atom stereocenters. The molecule has 0 aliphatic heterocycles. The number of aromatic nitrogens is 1. The molecule has 0 aliphatic rings. The Labute approximate surface area is 122 Å². The Kier molecular flexibility index (Phi) is 3.39. The second-order valence-electron chi connectivity index (χ2n) is 4.52. The van der Waals surface area contributed by atoms with E-state index in [0.717, 1.165) is 22.4 Å². The number of nitrogens with zero attached hydrogens (tertiary/aromatic N) is 1. The van der Waals surface area contributed by atoms with Gasteiger partial charge in [-0.2, -0.15) is 0 Å². The van der Waals surface area contributed by atoms with Crippen LogP contribution in [-0.4, -0.2) is 26.3 Å². The molecule has 0 spiro atoms. The van der Waals surface area contributed by atoms with Gasteiger partial charge in [-0.25, -0.2) is 4.98 Å². The number of anilines is 1. The van der Waals surface area contributed by atoms with Crippen LogP contribution in [0.4, 0.5) is 5.69 Å². The number of oxazole rings is 1. The predicted octanol–water partition coefficient (Wildman–Crippen LogP) is 3.55. The molecular weight excluding hydrogens is 268 g/mol. The van der Waals surface area contributed by atoms with Crippen molar-refractivity contribution in [3.8, 4) is 23.0 Å². The van der Waals surface area contributed by atoms with E-state index >= 15 is 0 Å². The third-order valence-electron chi connectivity index (χ3n) is 3.31. The maximum atomic E-state index is 5.79. The van der Waals surface area contributed by atoms with Gasteiger partial charge in [0.05, 0.1) is 14.2 Å². The molecule has 0 saturated heterocycles. The summed E-state index contributed by atoms with van der Waals surface area (Å²) in [5.74, 6) is 1.88. The zero-order chi connectivity index (χ0) is 14.8. The minimum atomic E-state index is 0.555. The summed E-state index contributed by atoms with van der Waals surface area (Å²) >= 11 is 0. The molecule has 5 nitrogen and oxygen atoms in total. The summed E-state index contributed by atoms with van der Waals surface area (Å²) in [7, 11) is 5.08. The molecule has 0 saturated carbocycles. The van der Waals surface area contributed by atoms with Crippen molar-refractivity contribution in [1.29, 1.82) is 0 Å². The number of methoxy groups -OCH3 is 2. The molecule has 0 bridgehead atoms. The number of benzene rings is 2. The molecule has 0 atom stereocenters. The SMILES string of the molecule is CNc1ccc2oc(-c3ccc(OC)c(OC)c3)nc2c1. The first-order chi connectivity index (χ1) is 10.2. The molecule has 1 N–H and O–H groups in total. The van der Waals surface area contributed by atoms with Gasteiger partial charge in [-0.15, -0.1) is 0 Å². The summed E-state index contributed by atoms with van der Waals surface area (Å²) in [5.41, 5.74) is 3.40. The monoisotopic (exact) mass is 284 g/mol. The van der Waals surface area contributed by atoms with Gasteiger partial charge in [-0.3, -0.25) is 0 Å². The molecule has 2 aromatic carbocycles. The van der Waals surface area contributed by atoms with Gasteiger partial charge < -0.3 is 19.2 Å². The van der Waals surface area contributed by atoms with Crippen molar-refractivity contribution in [2.75, 3.05) is 26.6 Å². The number of fused-ring (bicyclic) bond motifs is 1. The fourth-order valence-electron chi connectivity index (χ4n) is 2.18. The van der Waals surface area contributed by atoms with E-state index in [9.17, 15) is 0 Å². The minimum Gasteiger partial charge on any atom is -0.493 e. The van der Waals surface area contributed by atoms with E-state index in [4.69, 9.17) is 13.9 Å². The Hall–Kier alpha value is -2.69. The van der Waals surface area contributed by atoms with Crippen LogP contribution in [0.5, 0.6) is 11.5 Å². The van der Waals surface area contributed by atoms with Crippen molar-refractivity contribution >= 4 is 16.8 Å².